The number of nitrogens with two attached hydrogens (primary N) is 1. The third-order valence-electron chi connectivity index (χ3n) is 3.66. The lowest BCUT2D eigenvalue weighted by molar-refractivity contribution is 0.200. The molecule has 0 amide bonds. The minimum Gasteiger partial charge on any atom is -0.489 e. The molecule has 0 aliphatic heterocycles. The minimum absolute atomic E-state index is 0.0160. The van der Waals surface area contributed by atoms with Crippen LogP contribution in [0.3, 0.4) is 0 Å². The molecule has 1 unspecified atom stereocenters. The van der Waals surface area contributed by atoms with Gasteiger partial charge in [-0.15, -0.1) is 0 Å². The van der Waals surface area contributed by atoms with E-state index in [1.807, 2.05) is 37.3 Å². The summed E-state index contributed by atoms with van der Waals surface area (Å²) < 4.78 is 5.74. The molecule has 124 valence electrons. The third-order valence-corrected chi connectivity index (χ3v) is 4.40. The van der Waals surface area contributed by atoms with E-state index in [1.54, 1.807) is 12.1 Å². The zero-order valence-corrected chi connectivity index (χ0v) is 14.6. The summed E-state index contributed by atoms with van der Waals surface area (Å²) in [6.07, 6.45) is 1.55. The predicted octanol–water partition coefficient (Wildman–Crippen LogP) is 4.21. The predicted molar refractivity (Wildman–Crippen MR) is 95.2 cm³/mol. The summed E-state index contributed by atoms with van der Waals surface area (Å²) in [4.78, 5) is 0. The molecule has 0 heterocycles. The molecule has 3 N–H and O–H groups in total. The fourth-order valence-electron chi connectivity index (χ4n) is 2.06. The highest BCUT2D eigenvalue weighted by Gasteiger charge is 2.16. The molecule has 2 rings (SSSR count). The molecule has 0 saturated carbocycles. The van der Waals surface area contributed by atoms with Crippen LogP contribution >= 0.6 is 23.2 Å². The maximum atomic E-state index is 9.17. The molecule has 0 aromatic heterocycles. The van der Waals surface area contributed by atoms with E-state index in [-0.39, 0.29) is 6.61 Å². The monoisotopic (exact) mass is 353 g/mol. The van der Waals surface area contributed by atoms with Gasteiger partial charge >= 0.3 is 0 Å². The van der Waals surface area contributed by atoms with Crippen molar-refractivity contribution in [3.8, 4) is 5.75 Å². The largest absolute Gasteiger partial charge is 0.489 e. The zero-order chi connectivity index (χ0) is 16.9. The molecule has 2 aromatic rings. The average Bonchev–Trinajstić information content (AvgIpc) is 2.55. The molecule has 5 heteroatoms. The Morgan fingerprint density at radius 1 is 1.04 bits per heavy atom. The number of hydrogen-bond donors (Lipinski definition) is 2. The highest BCUT2D eigenvalue weighted by Crippen LogP contribution is 2.23. The maximum Gasteiger partial charge on any atom is 0.119 e. The van der Waals surface area contributed by atoms with Crippen molar-refractivity contribution in [2.45, 2.75) is 31.9 Å². The van der Waals surface area contributed by atoms with E-state index in [9.17, 15) is 0 Å². The zero-order valence-electron chi connectivity index (χ0n) is 13.1. The third kappa shape index (κ3) is 5.70. The highest BCUT2D eigenvalue weighted by molar-refractivity contribution is 6.42. The van der Waals surface area contributed by atoms with Crippen molar-refractivity contribution in [2.75, 3.05) is 6.61 Å². The molecule has 0 saturated heterocycles. The Bertz CT molecular complexity index is 642. The van der Waals surface area contributed by atoms with Crippen LogP contribution in [0.1, 0.15) is 24.5 Å². The Labute approximate surface area is 147 Å². The summed E-state index contributed by atoms with van der Waals surface area (Å²) in [6, 6.07) is 13.3. The topological polar surface area (TPSA) is 55.5 Å². The van der Waals surface area contributed by atoms with Gasteiger partial charge in [-0.05, 0) is 55.2 Å². The second kappa shape index (κ2) is 8.02. The Morgan fingerprint density at radius 2 is 1.70 bits per heavy atom. The van der Waals surface area contributed by atoms with Crippen molar-refractivity contribution in [1.29, 1.82) is 0 Å². The smallest absolute Gasteiger partial charge is 0.119 e. The van der Waals surface area contributed by atoms with Gasteiger partial charge in [-0.2, -0.15) is 0 Å². The van der Waals surface area contributed by atoms with Gasteiger partial charge in [0.2, 0.25) is 0 Å². The van der Waals surface area contributed by atoms with Crippen LogP contribution in [0.4, 0.5) is 0 Å². The lowest BCUT2D eigenvalue weighted by Crippen LogP contribution is -2.40. The number of aliphatic hydroxyl groups is 1. The summed E-state index contributed by atoms with van der Waals surface area (Å²) in [5, 5.41) is 10.2. The van der Waals surface area contributed by atoms with Crippen LogP contribution in [0.2, 0.25) is 10.0 Å². The Morgan fingerprint density at radius 3 is 2.30 bits per heavy atom. The van der Waals surface area contributed by atoms with Gasteiger partial charge in [0, 0.05) is 5.54 Å². The fourth-order valence-corrected chi connectivity index (χ4v) is 2.38. The quantitative estimate of drug-likeness (QED) is 0.783. The van der Waals surface area contributed by atoms with Crippen LogP contribution in [-0.4, -0.2) is 17.3 Å². The van der Waals surface area contributed by atoms with Crippen molar-refractivity contribution in [2.24, 2.45) is 5.73 Å². The first-order valence-electron chi connectivity index (χ1n) is 7.45. The van der Waals surface area contributed by atoms with E-state index in [0.717, 1.165) is 29.7 Å². The summed E-state index contributed by atoms with van der Waals surface area (Å²) in [7, 11) is 0. The number of halogens is 2. The fraction of sp³-hybridized carbons (Fsp3) is 0.333. The van der Waals surface area contributed by atoms with Gasteiger partial charge in [0.1, 0.15) is 12.4 Å². The van der Waals surface area contributed by atoms with Gasteiger partial charge in [-0.1, -0.05) is 41.4 Å². The van der Waals surface area contributed by atoms with Gasteiger partial charge in [-0.25, -0.2) is 0 Å². The minimum atomic E-state index is -0.539. The number of ether oxygens (including phenoxy) is 1. The van der Waals surface area contributed by atoms with Gasteiger partial charge in [-0.3, -0.25) is 0 Å². The summed E-state index contributed by atoms with van der Waals surface area (Å²) in [6.45, 7) is 2.27. The average molecular weight is 354 g/mol. The first-order valence-corrected chi connectivity index (χ1v) is 8.21. The maximum absolute atomic E-state index is 9.17. The van der Waals surface area contributed by atoms with Crippen molar-refractivity contribution in [3.05, 3.63) is 63.6 Å². The van der Waals surface area contributed by atoms with E-state index in [2.05, 4.69) is 0 Å². The summed E-state index contributed by atoms with van der Waals surface area (Å²) in [5.74, 6) is 0.789. The van der Waals surface area contributed by atoms with Gasteiger partial charge in [0.15, 0.2) is 0 Å². The normalized spacial score (nSPS) is 13.6. The van der Waals surface area contributed by atoms with E-state index < -0.39 is 5.54 Å². The van der Waals surface area contributed by atoms with Crippen molar-refractivity contribution >= 4 is 23.2 Å². The Hall–Kier alpha value is -1.26. The molecule has 0 radical (unpaired) electrons. The second-order valence-electron chi connectivity index (χ2n) is 5.99. The molecular weight excluding hydrogens is 333 g/mol. The molecule has 23 heavy (non-hydrogen) atoms. The number of rotatable bonds is 7. The van der Waals surface area contributed by atoms with Crippen molar-refractivity contribution < 1.29 is 9.84 Å². The molecule has 0 aliphatic carbocycles. The van der Waals surface area contributed by atoms with Crippen LogP contribution in [0.25, 0.3) is 0 Å². The second-order valence-corrected chi connectivity index (χ2v) is 6.81. The SMILES string of the molecule is CC(N)(CO)CCc1ccc(OCc2ccc(Cl)c(Cl)c2)cc1. The van der Waals surface area contributed by atoms with E-state index in [1.165, 1.54) is 0 Å². The summed E-state index contributed by atoms with van der Waals surface area (Å²) in [5.41, 5.74) is 7.52. The standard InChI is InChI=1S/C18H21Cl2NO2/c1-18(21,12-22)9-8-13-2-5-15(6-3-13)23-11-14-4-7-16(19)17(20)10-14/h2-7,10,22H,8-9,11-12,21H2,1H3. The van der Waals surface area contributed by atoms with Crippen LogP contribution < -0.4 is 10.5 Å². The molecule has 0 bridgehead atoms. The summed E-state index contributed by atoms with van der Waals surface area (Å²) >= 11 is 11.9. The molecule has 1 atom stereocenters. The van der Waals surface area contributed by atoms with Crippen LogP contribution in [0.15, 0.2) is 42.5 Å². The molecule has 2 aromatic carbocycles. The van der Waals surface area contributed by atoms with Gasteiger partial charge in [0.25, 0.3) is 0 Å². The first-order chi connectivity index (χ1) is 10.9. The molecule has 0 fully saturated rings. The van der Waals surface area contributed by atoms with Crippen LogP contribution in [0, 0.1) is 0 Å². The van der Waals surface area contributed by atoms with Gasteiger partial charge in [0.05, 0.1) is 16.7 Å². The van der Waals surface area contributed by atoms with E-state index in [0.29, 0.717) is 16.7 Å². The van der Waals surface area contributed by atoms with Gasteiger partial charge < -0.3 is 15.6 Å². The number of hydrogen-bond acceptors (Lipinski definition) is 3. The number of aryl methyl sites for hydroxylation is 1. The van der Waals surface area contributed by atoms with Crippen molar-refractivity contribution in [3.63, 3.8) is 0 Å². The number of aliphatic hydroxyl groups excluding tert-OH is 1. The highest BCUT2D eigenvalue weighted by atomic mass is 35.5. The molecule has 3 nitrogen and oxygen atoms in total. The number of benzene rings is 2. The van der Waals surface area contributed by atoms with E-state index >= 15 is 0 Å². The Balaban J connectivity index is 1.88. The molecule has 0 spiro atoms. The molecule has 0 aliphatic rings. The van der Waals surface area contributed by atoms with Crippen LogP contribution in [-0.2, 0) is 13.0 Å². The van der Waals surface area contributed by atoms with Crippen molar-refractivity contribution in [1.82, 2.24) is 0 Å². The first kappa shape index (κ1) is 18.1. The molecular formula is C18H21Cl2NO2. The van der Waals surface area contributed by atoms with Crippen LogP contribution in [0.5, 0.6) is 5.75 Å². The lowest BCUT2D eigenvalue weighted by Gasteiger charge is -2.21. The Kier molecular flexibility index (Phi) is 6.31. The lowest BCUT2D eigenvalue weighted by atomic mass is 9.95. The van der Waals surface area contributed by atoms with E-state index in [4.69, 9.17) is 38.8 Å².